The minimum atomic E-state index is -0.720. The Kier molecular flexibility index (Phi) is 3.57. The molecule has 0 saturated carbocycles. The zero-order chi connectivity index (χ0) is 13.1. The number of carbonyl (C=O) groups is 1. The Bertz CT molecular complexity index is 585. The molecule has 0 aliphatic rings. The monoisotopic (exact) mass is 270 g/mol. The van der Waals surface area contributed by atoms with Crippen LogP contribution in [0.15, 0.2) is 22.7 Å². The van der Waals surface area contributed by atoms with E-state index in [1.165, 1.54) is 12.1 Å². The molecule has 18 heavy (non-hydrogen) atoms. The van der Waals surface area contributed by atoms with Gasteiger partial charge in [0, 0.05) is 5.02 Å². The predicted octanol–water partition coefficient (Wildman–Crippen LogP) is 2.71. The van der Waals surface area contributed by atoms with Crippen LogP contribution in [-0.2, 0) is 4.74 Å². The number of halogens is 2. The first kappa shape index (κ1) is 12.5. The van der Waals surface area contributed by atoms with E-state index in [9.17, 15) is 9.18 Å². The highest BCUT2D eigenvalue weighted by Crippen LogP contribution is 2.23. The highest BCUT2D eigenvalue weighted by atomic mass is 35.5. The van der Waals surface area contributed by atoms with Gasteiger partial charge in [-0.25, -0.2) is 9.18 Å². The molecule has 0 aliphatic heterocycles. The van der Waals surface area contributed by atoms with Crippen LogP contribution in [0, 0.1) is 5.82 Å². The maximum Gasteiger partial charge on any atom is 0.379 e. The maximum absolute atomic E-state index is 13.6. The summed E-state index contributed by atoms with van der Waals surface area (Å²) in [6.45, 7) is 1.84. The van der Waals surface area contributed by atoms with Crippen LogP contribution in [0.2, 0.25) is 5.02 Å². The van der Waals surface area contributed by atoms with Crippen molar-refractivity contribution in [3.05, 3.63) is 34.9 Å². The summed E-state index contributed by atoms with van der Waals surface area (Å²) in [5.74, 6) is -1.68. The third-order valence-corrected chi connectivity index (χ3v) is 2.28. The van der Waals surface area contributed by atoms with Crippen molar-refractivity contribution in [2.75, 3.05) is 6.61 Å². The molecular weight excluding hydrogens is 263 g/mol. The average molecular weight is 271 g/mol. The van der Waals surface area contributed by atoms with Crippen LogP contribution in [0.4, 0.5) is 4.39 Å². The van der Waals surface area contributed by atoms with Crippen LogP contribution in [0.3, 0.4) is 0 Å². The number of nitrogens with zero attached hydrogens (tertiary/aromatic N) is 2. The standard InChI is InChI=1S/C11H8ClFN2O3/c1-2-17-11(16)9-14-10(18-15-9)7-4-3-6(12)5-8(7)13/h3-5H,2H2,1H3. The SMILES string of the molecule is CCOC(=O)c1noc(-c2ccc(Cl)cc2F)n1. The first-order chi connectivity index (χ1) is 8.61. The molecule has 1 heterocycles. The first-order valence-electron chi connectivity index (χ1n) is 5.08. The number of ether oxygens (including phenoxy) is 1. The van der Waals surface area contributed by atoms with Crippen molar-refractivity contribution in [2.24, 2.45) is 0 Å². The number of hydrogen-bond donors (Lipinski definition) is 0. The second-order valence-electron chi connectivity index (χ2n) is 3.27. The van der Waals surface area contributed by atoms with Crippen LogP contribution in [0.1, 0.15) is 17.5 Å². The van der Waals surface area contributed by atoms with Gasteiger partial charge in [-0.3, -0.25) is 0 Å². The molecule has 0 spiro atoms. The Morgan fingerprint density at radius 2 is 2.33 bits per heavy atom. The van der Waals surface area contributed by atoms with E-state index in [0.29, 0.717) is 0 Å². The van der Waals surface area contributed by atoms with Crippen LogP contribution >= 0.6 is 11.6 Å². The number of aromatic nitrogens is 2. The van der Waals surface area contributed by atoms with E-state index in [1.54, 1.807) is 6.92 Å². The lowest BCUT2D eigenvalue weighted by Gasteiger charge is -1.97. The fraction of sp³-hybridized carbons (Fsp3) is 0.182. The van der Waals surface area contributed by atoms with E-state index in [-0.39, 0.29) is 28.9 Å². The van der Waals surface area contributed by atoms with Crippen molar-refractivity contribution in [1.29, 1.82) is 0 Å². The zero-order valence-corrected chi connectivity index (χ0v) is 10.1. The molecule has 0 unspecified atom stereocenters. The minimum Gasteiger partial charge on any atom is -0.460 e. The van der Waals surface area contributed by atoms with Gasteiger partial charge in [-0.2, -0.15) is 4.98 Å². The van der Waals surface area contributed by atoms with E-state index < -0.39 is 11.8 Å². The van der Waals surface area contributed by atoms with Gasteiger partial charge in [0.05, 0.1) is 12.2 Å². The number of rotatable bonds is 3. The molecule has 94 valence electrons. The summed E-state index contributed by atoms with van der Waals surface area (Å²) in [7, 11) is 0. The van der Waals surface area contributed by atoms with Gasteiger partial charge < -0.3 is 9.26 Å². The molecule has 0 aliphatic carbocycles. The van der Waals surface area contributed by atoms with E-state index in [4.69, 9.17) is 16.1 Å². The summed E-state index contributed by atoms with van der Waals surface area (Å²) in [4.78, 5) is 15.1. The van der Waals surface area contributed by atoms with Gasteiger partial charge in [0.2, 0.25) is 0 Å². The maximum atomic E-state index is 13.6. The molecule has 2 rings (SSSR count). The Labute approximate surface area is 107 Å². The average Bonchev–Trinajstić information content (AvgIpc) is 2.78. The lowest BCUT2D eigenvalue weighted by atomic mass is 10.2. The third kappa shape index (κ3) is 2.48. The molecule has 1 aromatic heterocycles. The second-order valence-corrected chi connectivity index (χ2v) is 3.70. The smallest absolute Gasteiger partial charge is 0.379 e. The molecule has 0 atom stereocenters. The van der Waals surface area contributed by atoms with E-state index in [1.807, 2.05) is 0 Å². The predicted molar refractivity (Wildman–Crippen MR) is 60.7 cm³/mol. The highest BCUT2D eigenvalue weighted by molar-refractivity contribution is 6.30. The topological polar surface area (TPSA) is 65.2 Å². The van der Waals surface area contributed by atoms with Crippen LogP contribution in [0.5, 0.6) is 0 Å². The fourth-order valence-electron chi connectivity index (χ4n) is 1.27. The first-order valence-corrected chi connectivity index (χ1v) is 5.46. The largest absolute Gasteiger partial charge is 0.460 e. The van der Waals surface area contributed by atoms with Gasteiger partial charge in [0.1, 0.15) is 5.82 Å². The van der Waals surface area contributed by atoms with Crippen LogP contribution in [-0.4, -0.2) is 22.7 Å². The molecule has 2 aromatic rings. The van der Waals surface area contributed by atoms with Crippen LogP contribution in [0.25, 0.3) is 11.5 Å². The van der Waals surface area contributed by atoms with Crippen molar-refractivity contribution >= 4 is 17.6 Å². The van der Waals surface area contributed by atoms with E-state index >= 15 is 0 Å². The Morgan fingerprint density at radius 1 is 1.56 bits per heavy atom. The van der Waals surface area contributed by atoms with Gasteiger partial charge in [0.25, 0.3) is 11.7 Å². The molecule has 0 saturated heterocycles. The Morgan fingerprint density at radius 3 is 3.00 bits per heavy atom. The third-order valence-electron chi connectivity index (χ3n) is 2.05. The van der Waals surface area contributed by atoms with E-state index in [2.05, 4.69) is 14.9 Å². The van der Waals surface area contributed by atoms with Crippen molar-refractivity contribution < 1.29 is 18.4 Å². The number of hydrogen-bond acceptors (Lipinski definition) is 5. The van der Waals surface area contributed by atoms with Crippen molar-refractivity contribution in [3.63, 3.8) is 0 Å². The van der Waals surface area contributed by atoms with E-state index in [0.717, 1.165) is 6.07 Å². The molecule has 0 radical (unpaired) electrons. The number of carbonyl (C=O) groups excluding carboxylic acids is 1. The van der Waals surface area contributed by atoms with Gasteiger partial charge in [-0.1, -0.05) is 11.6 Å². The minimum absolute atomic E-state index is 0.0717. The molecule has 1 aromatic carbocycles. The van der Waals surface area contributed by atoms with Gasteiger partial charge in [-0.05, 0) is 30.3 Å². The summed E-state index contributed by atoms with van der Waals surface area (Å²) in [5.41, 5.74) is 0.0717. The number of benzene rings is 1. The van der Waals surface area contributed by atoms with Crippen molar-refractivity contribution in [3.8, 4) is 11.5 Å². The molecule has 5 nitrogen and oxygen atoms in total. The Hall–Kier alpha value is -1.95. The normalized spacial score (nSPS) is 10.4. The second kappa shape index (κ2) is 5.14. The molecule has 0 amide bonds. The zero-order valence-electron chi connectivity index (χ0n) is 9.31. The molecule has 7 heteroatoms. The van der Waals surface area contributed by atoms with Gasteiger partial charge in [-0.15, -0.1) is 0 Å². The highest BCUT2D eigenvalue weighted by Gasteiger charge is 2.18. The molecular formula is C11H8ClFN2O3. The van der Waals surface area contributed by atoms with Crippen LogP contribution < -0.4 is 0 Å². The fourth-order valence-corrected chi connectivity index (χ4v) is 1.43. The lowest BCUT2D eigenvalue weighted by molar-refractivity contribution is 0.0508. The van der Waals surface area contributed by atoms with Crippen molar-refractivity contribution in [1.82, 2.24) is 10.1 Å². The molecule has 0 N–H and O–H groups in total. The van der Waals surface area contributed by atoms with Crippen molar-refractivity contribution in [2.45, 2.75) is 6.92 Å². The van der Waals surface area contributed by atoms with Gasteiger partial charge >= 0.3 is 5.97 Å². The summed E-state index contributed by atoms with van der Waals surface area (Å²) in [5, 5.41) is 3.67. The number of esters is 1. The molecule has 0 bridgehead atoms. The quantitative estimate of drug-likeness (QED) is 0.802. The summed E-state index contributed by atoms with van der Waals surface area (Å²) in [6, 6.07) is 3.99. The Balaban J connectivity index is 2.32. The lowest BCUT2D eigenvalue weighted by Crippen LogP contribution is -2.06. The summed E-state index contributed by atoms with van der Waals surface area (Å²) >= 11 is 5.62. The molecule has 0 fully saturated rings. The van der Waals surface area contributed by atoms with Gasteiger partial charge in [0.15, 0.2) is 0 Å². The summed E-state index contributed by atoms with van der Waals surface area (Å²) < 4.78 is 23.0. The summed E-state index contributed by atoms with van der Waals surface area (Å²) in [6.07, 6.45) is 0.